The Hall–Kier alpha value is -0.720. The summed E-state index contributed by atoms with van der Waals surface area (Å²) in [5.41, 5.74) is -0.791. The van der Waals surface area contributed by atoms with Crippen LogP contribution in [-0.2, 0) is 0 Å². The molecular weight excluding hydrogens is 308 g/mol. The third kappa shape index (κ3) is 4.71. The number of halogens is 1. The lowest BCUT2D eigenvalue weighted by molar-refractivity contribution is 0.0459. The molecule has 1 aliphatic carbocycles. The summed E-state index contributed by atoms with van der Waals surface area (Å²) < 4.78 is 0.791. The number of hydrogen-bond acceptors (Lipinski definition) is 5. The van der Waals surface area contributed by atoms with Crippen LogP contribution in [0.1, 0.15) is 31.5 Å². The van der Waals surface area contributed by atoms with Crippen molar-refractivity contribution < 1.29 is 5.11 Å². The number of anilines is 1. The minimum atomic E-state index is -0.791. The summed E-state index contributed by atoms with van der Waals surface area (Å²) in [5, 5.41) is 13.4. The van der Waals surface area contributed by atoms with E-state index in [1.165, 1.54) is 12.8 Å². The maximum Gasteiger partial charge on any atom is 0.135 e. The fraction of sp³-hybridized carbons (Fsp3) is 0.692. The Morgan fingerprint density at radius 1 is 1.47 bits per heavy atom. The molecule has 1 heterocycles. The summed E-state index contributed by atoms with van der Waals surface area (Å²) in [4.78, 5) is 10.8. The van der Waals surface area contributed by atoms with Gasteiger partial charge in [-0.2, -0.15) is 0 Å². The van der Waals surface area contributed by atoms with Crippen molar-refractivity contribution in [3.05, 3.63) is 16.5 Å². The lowest BCUT2D eigenvalue weighted by Crippen LogP contribution is -2.43. The molecule has 5 nitrogen and oxygen atoms in total. The van der Waals surface area contributed by atoms with Crippen molar-refractivity contribution in [2.45, 2.75) is 31.3 Å². The Morgan fingerprint density at radius 2 is 2.16 bits per heavy atom. The molecule has 1 atom stereocenters. The average molecular weight is 329 g/mol. The molecule has 1 fully saturated rings. The summed E-state index contributed by atoms with van der Waals surface area (Å²) >= 11 is 3.41. The molecule has 106 valence electrons. The van der Waals surface area contributed by atoms with Crippen LogP contribution >= 0.6 is 15.9 Å². The lowest BCUT2D eigenvalue weighted by Gasteiger charge is -2.27. The van der Waals surface area contributed by atoms with Crippen LogP contribution < -0.4 is 5.32 Å². The number of rotatable bonds is 6. The minimum absolute atomic E-state index is 0.457. The van der Waals surface area contributed by atoms with Crippen LogP contribution in [0.5, 0.6) is 0 Å². The zero-order chi connectivity index (χ0) is 14.0. The van der Waals surface area contributed by atoms with Gasteiger partial charge in [-0.1, -0.05) is 0 Å². The van der Waals surface area contributed by atoms with Gasteiger partial charge in [-0.05, 0) is 49.8 Å². The van der Waals surface area contributed by atoms with E-state index in [9.17, 15) is 5.11 Å². The molecule has 0 spiro atoms. The number of likely N-dealkylation sites (N-methyl/N-ethyl adjacent to an activating group) is 1. The minimum Gasteiger partial charge on any atom is -0.387 e. The molecule has 2 N–H and O–H groups in total. The number of hydrogen-bond donors (Lipinski definition) is 2. The van der Waals surface area contributed by atoms with Crippen molar-refractivity contribution in [3.8, 4) is 0 Å². The first-order valence-electron chi connectivity index (χ1n) is 6.51. The smallest absolute Gasteiger partial charge is 0.135 e. The number of nitrogens with one attached hydrogen (secondary N) is 1. The second-order valence-corrected chi connectivity index (χ2v) is 6.61. The van der Waals surface area contributed by atoms with Gasteiger partial charge in [-0.25, -0.2) is 9.97 Å². The summed E-state index contributed by atoms with van der Waals surface area (Å²) in [7, 11) is 3.89. The van der Waals surface area contributed by atoms with E-state index < -0.39 is 5.60 Å². The Kier molecular flexibility index (Phi) is 4.43. The van der Waals surface area contributed by atoms with Crippen LogP contribution in [0.3, 0.4) is 0 Å². The van der Waals surface area contributed by atoms with Gasteiger partial charge >= 0.3 is 0 Å². The fourth-order valence-corrected chi connectivity index (χ4v) is 2.47. The molecule has 0 radical (unpaired) electrons. The van der Waals surface area contributed by atoms with Crippen LogP contribution in [0, 0.1) is 0 Å². The van der Waals surface area contributed by atoms with Crippen LogP contribution in [0.2, 0.25) is 0 Å². The Bertz CT molecular complexity index is 446. The van der Waals surface area contributed by atoms with Crippen molar-refractivity contribution in [3.63, 3.8) is 0 Å². The first-order chi connectivity index (χ1) is 8.85. The highest BCUT2D eigenvalue weighted by atomic mass is 79.9. The van der Waals surface area contributed by atoms with Gasteiger partial charge in [-0.3, -0.25) is 0 Å². The predicted octanol–water partition coefficient (Wildman–Crippen LogP) is 1.84. The predicted molar refractivity (Wildman–Crippen MR) is 79.4 cm³/mol. The molecule has 0 saturated heterocycles. The molecule has 1 aromatic rings. The first kappa shape index (κ1) is 14.7. The van der Waals surface area contributed by atoms with Crippen molar-refractivity contribution >= 4 is 21.7 Å². The van der Waals surface area contributed by atoms with Gasteiger partial charge in [0, 0.05) is 25.1 Å². The van der Waals surface area contributed by atoms with Gasteiger partial charge in [-0.15, -0.1) is 0 Å². The third-order valence-corrected chi connectivity index (χ3v) is 3.37. The number of nitrogens with zero attached hydrogens (tertiary/aromatic N) is 3. The quantitative estimate of drug-likeness (QED) is 0.780. The molecule has 6 heteroatoms. The van der Waals surface area contributed by atoms with Crippen molar-refractivity contribution in [2.75, 3.05) is 32.5 Å². The third-order valence-electron chi connectivity index (χ3n) is 2.96. The molecule has 19 heavy (non-hydrogen) atoms. The molecule has 2 rings (SSSR count). The van der Waals surface area contributed by atoms with E-state index in [-0.39, 0.29) is 0 Å². The summed E-state index contributed by atoms with van der Waals surface area (Å²) in [6, 6.07) is 1.84. The van der Waals surface area contributed by atoms with Crippen molar-refractivity contribution in [1.82, 2.24) is 14.9 Å². The fourth-order valence-electron chi connectivity index (χ4n) is 2.07. The van der Waals surface area contributed by atoms with E-state index >= 15 is 0 Å². The van der Waals surface area contributed by atoms with Gasteiger partial charge < -0.3 is 15.3 Å². The summed E-state index contributed by atoms with van der Waals surface area (Å²) in [6.45, 7) is 2.87. The Morgan fingerprint density at radius 3 is 2.74 bits per heavy atom. The number of aliphatic hydroxyl groups is 1. The van der Waals surface area contributed by atoms with E-state index in [4.69, 9.17) is 0 Å². The van der Waals surface area contributed by atoms with E-state index in [0.717, 1.165) is 16.2 Å². The van der Waals surface area contributed by atoms with Crippen molar-refractivity contribution in [1.29, 1.82) is 0 Å². The number of aromatic nitrogens is 2. The van der Waals surface area contributed by atoms with Gasteiger partial charge in [0.05, 0.1) is 5.60 Å². The lowest BCUT2D eigenvalue weighted by atomic mass is 10.1. The summed E-state index contributed by atoms with van der Waals surface area (Å²) in [6.07, 6.45) is 2.35. The largest absolute Gasteiger partial charge is 0.387 e. The molecular formula is C13H21BrN4O. The first-order valence-corrected chi connectivity index (χ1v) is 7.30. The second-order valence-electron chi connectivity index (χ2n) is 5.80. The molecule has 1 aromatic heterocycles. The van der Waals surface area contributed by atoms with Crippen LogP contribution in [0.4, 0.5) is 5.82 Å². The Balaban J connectivity index is 1.98. The zero-order valence-corrected chi connectivity index (χ0v) is 13.2. The molecule has 0 amide bonds. The van der Waals surface area contributed by atoms with E-state index in [1.807, 2.05) is 32.0 Å². The normalized spacial score (nSPS) is 18.4. The van der Waals surface area contributed by atoms with Gasteiger partial charge in [0.15, 0.2) is 0 Å². The highest BCUT2D eigenvalue weighted by molar-refractivity contribution is 9.10. The standard InChI is InChI=1S/C13H21BrN4O/c1-13(19,8-18(2)3)7-15-11-6-10(14)16-12(17-11)9-4-5-9/h6,9,19H,4-5,7-8H2,1-3H3,(H,15,16,17). The van der Waals surface area contributed by atoms with E-state index in [0.29, 0.717) is 19.0 Å². The molecule has 0 aliphatic heterocycles. The van der Waals surface area contributed by atoms with Gasteiger partial charge in [0.25, 0.3) is 0 Å². The highest BCUT2D eigenvalue weighted by Gasteiger charge is 2.27. The SMILES string of the molecule is CN(C)CC(C)(O)CNc1cc(Br)nc(C2CC2)n1. The zero-order valence-electron chi connectivity index (χ0n) is 11.6. The van der Waals surface area contributed by atoms with E-state index in [2.05, 4.69) is 31.2 Å². The Labute approximate surface area is 122 Å². The van der Waals surface area contributed by atoms with E-state index in [1.54, 1.807) is 0 Å². The van der Waals surface area contributed by atoms with Gasteiger partial charge in [0.1, 0.15) is 16.2 Å². The average Bonchev–Trinajstić information content (AvgIpc) is 3.07. The monoisotopic (exact) mass is 328 g/mol. The molecule has 1 unspecified atom stereocenters. The van der Waals surface area contributed by atoms with Crippen LogP contribution in [0.25, 0.3) is 0 Å². The maximum absolute atomic E-state index is 10.2. The molecule has 0 aromatic carbocycles. The van der Waals surface area contributed by atoms with Crippen LogP contribution in [-0.4, -0.2) is 52.8 Å². The highest BCUT2D eigenvalue weighted by Crippen LogP contribution is 2.38. The van der Waals surface area contributed by atoms with Gasteiger partial charge in [0.2, 0.25) is 0 Å². The molecule has 1 aliphatic rings. The molecule has 0 bridgehead atoms. The van der Waals surface area contributed by atoms with Crippen LogP contribution in [0.15, 0.2) is 10.7 Å². The molecule has 1 saturated carbocycles. The topological polar surface area (TPSA) is 61.3 Å². The van der Waals surface area contributed by atoms with Crippen molar-refractivity contribution in [2.24, 2.45) is 0 Å². The maximum atomic E-state index is 10.2. The summed E-state index contributed by atoms with van der Waals surface area (Å²) in [5.74, 6) is 2.17. The second kappa shape index (κ2) is 5.73.